The predicted octanol–water partition coefficient (Wildman–Crippen LogP) is 4.21. The van der Waals surface area contributed by atoms with Crippen molar-refractivity contribution >= 4 is 21.9 Å². The predicted molar refractivity (Wildman–Crippen MR) is 78.8 cm³/mol. The Bertz CT molecular complexity index is 582. The van der Waals surface area contributed by atoms with Gasteiger partial charge in [-0.05, 0) is 46.1 Å². The summed E-state index contributed by atoms with van der Waals surface area (Å²) in [4.78, 5) is 8.89. The SMILES string of the molecule is CNc1nc(-c2ccc(F)cc2)c(Br)c(C(C)C)n1. The second-order valence-electron chi connectivity index (χ2n) is 4.51. The second kappa shape index (κ2) is 5.65. The third-order valence-electron chi connectivity index (χ3n) is 2.76. The van der Waals surface area contributed by atoms with Crippen LogP contribution in [0.2, 0.25) is 0 Å². The van der Waals surface area contributed by atoms with Crippen molar-refractivity contribution in [3.8, 4) is 11.3 Å². The average molecular weight is 324 g/mol. The van der Waals surface area contributed by atoms with Gasteiger partial charge in [-0.15, -0.1) is 0 Å². The number of hydrogen-bond donors (Lipinski definition) is 1. The molecule has 2 rings (SSSR count). The van der Waals surface area contributed by atoms with Gasteiger partial charge in [0.2, 0.25) is 5.95 Å². The standard InChI is InChI=1S/C14H15BrFN3/c1-8(2)12-11(15)13(19-14(17-3)18-12)9-4-6-10(16)7-5-9/h4-8H,1-3H3,(H,17,18,19). The molecule has 0 fully saturated rings. The average Bonchev–Trinajstić information content (AvgIpc) is 2.40. The molecule has 5 heteroatoms. The minimum atomic E-state index is -0.258. The van der Waals surface area contributed by atoms with E-state index in [0.29, 0.717) is 5.95 Å². The van der Waals surface area contributed by atoms with Crippen LogP contribution in [0.3, 0.4) is 0 Å². The molecule has 0 saturated heterocycles. The summed E-state index contributed by atoms with van der Waals surface area (Å²) < 4.78 is 13.9. The van der Waals surface area contributed by atoms with Crippen LogP contribution in [-0.2, 0) is 0 Å². The first kappa shape index (κ1) is 13.9. The molecule has 2 aromatic rings. The van der Waals surface area contributed by atoms with Crippen molar-refractivity contribution in [1.82, 2.24) is 9.97 Å². The molecular weight excluding hydrogens is 309 g/mol. The van der Waals surface area contributed by atoms with Crippen LogP contribution in [0.5, 0.6) is 0 Å². The van der Waals surface area contributed by atoms with Crippen LogP contribution in [0.25, 0.3) is 11.3 Å². The zero-order valence-electron chi connectivity index (χ0n) is 11.0. The van der Waals surface area contributed by atoms with Crippen molar-refractivity contribution in [1.29, 1.82) is 0 Å². The highest BCUT2D eigenvalue weighted by Gasteiger charge is 2.15. The van der Waals surface area contributed by atoms with Crippen LogP contribution in [0, 0.1) is 5.82 Å². The molecule has 1 aromatic heterocycles. The fourth-order valence-corrected chi connectivity index (χ4v) is 2.62. The first-order chi connectivity index (χ1) is 9.02. The molecular formula is C14H15BrFN3. The summed E-state index contributed by atoms with van der Waals surface area (Å²) in [5.41, 5.74) is 2.55. The van der Waals surface area contributed by atoms with Crippen molar-refractivity contribution in [2.75, 3.05) is 12.4 Å². The van der Waals surface area contributed by atoms with E-state index in [1.165, 1.54) is 12.1 Å². The highest BCUT2D eigenvalue weighted by Crippen LogP contribution is 2.33. The molecule has 100 valence electrons. The summed E-state index contributed by atoms with van der Waals surface area (Å²) in [5, 5.41) is 2.95. The number of benzene rings is 1. The fraction of sp³-hybridized carbons (Fsp3) is 0.286. The molecule has 0 amide bonds. The van der Waals surface area contributed by atoms with Gasteiger partial charge >= 0.3 is 0 Å². The Kier molecular flexibility index (Phi) is 4.14. The number of rotatable bonds is 3. The maximum Gasteiger partial charge on any atom is 0.223 e. The first-order valence-corrected chi connectivity index (χ1v) is 6.83. The highest BCUT2D eigenvalue weighted by molar-refractivity contribution is 9.10. The lowest BCUT2D eigenvalue weighted by Gasteiger charge is -2.13. The van der Waals surface area contributed by atoms with Crippen molar-refractivity contribution in [3.05, 3.63) is 40.2 Å². The molecule has 1 heterocycles. The van der Waals surface area contributed by atoms with Crippen LogP contribution in [0.1, 0.15) is 25.5 Å². The Morgan fingerprint density at radius 1 is 1.16 bits per heavy atom. The molecule has 0 unspecified atom stereocenters. The molecule has 1 aromatic carbocycles. The monoisotopic (exact) mass is 323 g/mol. The number of halogens is 2. The van der Waals surface area contributed by atoms with Crippen molar-refractivity contribution in [3.63, 3.8) is 0 Å². The van der Waals surface area contributed by atoms with Crippen molar-refractivity contribution in [2.45, 2.75) is 19.8 Å². The molecule has 1 N–H and O–H groups in total. The van der Waals surface area contributed by atoms with Crippen LogP contribution in [0.4, 0.5) is 10.3 Å². The van der Waals surface area contributed by atoms with Gasteiger partial charge in [0, 0.05) is 12.6 Å². The van der Waals surface area contributed by atoms with E-state index in [0.717, 1.165) is 21.4 Å². The highest BCUT2D eigenvalue weighted by atomic mass is 79.9. The third kappa shape index (κ3) is 2.92. The maximum atomic E-state index is 13.0. The van der Waals surface area contributed by atoms with Crippen molar-refractivity contribution < 1.29 is 4.39 Å². The minimum Gasteiger partial charge on any atom is -0.357 e. The van der Waals surface area contributed by atoms with Gasteiger partial charge < -0.3 is 5.32 Å². The molecule has 0 atom stereocenters. The Morgan fingerprint density at radius 3 is 2.32 bits per heavy atom. The lowest BCUT2D eigenvalue weighted by Crippen LogP contribution is -2.04. The minimum absolute atomic E-state index is 0.258. The lowest BCUT2D eigenvalue weighted by atomic mass is 10.1. The molecule has 0 aliphatic heterocycles. The summed E-state index contributed by atoms with van der Waals surface area (Å²) in [6, 6.07) is 6.29. The summed E-state index contributed by atoms with van der Waals surface area (Å²) in [7, 11) is 1.78. The van der Waals surface area contributed by atoms with Crippen LogP contribution < -0.4 is 5.32 Å². The van der Waals surface area contributed by atoms with Crippen LogP contribution >= 0.6 is 15.9 Å². The zero-order valence-corrected chi connectivity index (χ0v) is 12.6. The summed E-state index contributed by atoms with van der Waals surface area (Å²) in [5.74, 6) is 0.571. The van der Waals surface area contributed by atoms with Gasteiger partial charge in [-0.2, -0.15) is 0 Å². The number of aromatic nitrogens is 2. The van der Waals surface area contributed by atoms with E-state index in [1.807, 2.05) is 0 Å². The molecule has 0 saturated carbocycles. The number of anilines is 1. The van der Waals surface area contributed by atoms with E-state index in [1.54, 1.807) is 19.2 Å². The van der Waals surface area contributed by atoms with Crippen LogP contribution in [0.15, 0.2) is 28.7 Å². The van der Waals surface area contributed by atoms with Crippen molar-refractivity contribution in [2.24, 2.45) is 0 Å². The molecule has 0 aliphatic rings. The Balaban J connectivity index is 2.61. The zero-order chi connectivity index (χ0) is 14.0. The maximum absolute atomic E-state index is 13.0. The smallest absolute Gasteiger partial charge is 0.223 e. The van der Waals surface area contributed by atoms with Gasteiger partial charge in [0.1, 0.15) is 5.82 Å². The topological polar surface area (TPSA) is 37.8 Å². The first-order valence-electron chi connectivity index (χ1n) is 6.04. The van der Waals surface area contributed by atoms with Gasteiger partial charge in [0.05, 0.1) is 15.9 Å². The van der Waals surface area contributed by atoms with E-state index >= 15 is 0 Å². The molecule has 0 radical (unpaired) electrons. The third-order valence-corrected chi connectivity index (χ3v) is 3.55. The number of hydrogen-bond acceptors (Lipinski definition) is 3. The molecule has 0 spiro atoms. The van der Waals surface area contributed by atoms with Gasteiger partial charge in [0.25, 0.3) is 0 Å². The normalized spacial score (nSPS) is 10.8. The summed E-state index contributed by atoms with van der Waals surface area (Å²) >= 11 is 3.55. The quantitative estimate of drug-likeness (QED) is 0.919. The van der Waals surface area contributed by atoms with Gasteiger partial charge in [-0.1, -0.05) is 13.8 Å². The Labute approximate surface area is 120 Å². The van der Waals surface area contributed by atoms with E-state index in [-0.39, 0.29) is 11.7 Å². The van der Waals surface area contributed by atoms with E-state index in [4.69, 9.17) is 0 Å². The molecule has 0 bridgehead atoms. The van der Waals surface area contributed by atoms with E-state index in [9.17, 15) is 4.39 Å². The van der Waals surface area contributed by atoms with Gasteiger partial charge in [-0.25, -0.2) is 14.4 Å². The largest absolute Gasteiger partial charge is 0.357 e. The van der Waals surface area contributed by atoms with E-state index in [2.05, 4.69) is 45.1 Å². The van der Waals surface area contributed by atoms with E-state index < -0.39 is 0 Å². The van der Waals surface area contributed by atoms with Gasteiger partial charge in [0.15, 0.2) is 0 Å². The Morgan fingerprint density at radius 2 is 1.79 bits per heavy atom. The lowest BCUT2D eigenvalue weighted by molar-refractivity contribution is 0.628. The molecule has 3 nitrogen and oxygen atoms in total. The molecule has 19 heavy (non-hydrogen) atoms. The summed E-state index contributed by atoms with van der Waals surface area (Å²) in [6.45, 7) is 4.14. The number of nitrogens with zero attached hydrogens (tertiary/aromatic N) is 2. The molecule has 0 aliphatic carbocycles. The Hall–Kier alpha value is -1.49. The second-order valence-corrected chi connectivity index (χ2v) is 5.30. The fourth-order valence-electron chi connectivity index (χ4n) is 1.76. The summed E-state index contributed by atoms with van der Waals surface area (Å²) in [6.07, 6.45) is 0. The van der Waals surface area contributed by atoms with Gasteiger partial charge in [-0.3, -0.25) is 0 Å². The van der Waals surface area contributed by atoms with Crippen LogP contribution in [-0.4, -0.2) is 17.0 Å². The number of nitrogens with one attached hydrogen (secondary N) is 1.